The molecule has 25 heavy (non-hydrogen) atoms. The summed E-state index contributed by atoms with van der Waals surface area (Å²) in [4.78, 5) is 35.7. The van der Waals surface area contributed by atoms with Gasteiger partial charge in [-0.05, 0) is 25.7 Å². The number of hydrogen-bond donors (Lipinski definition) is 2. The Kier molecular flexibility index (Phi) is 5.35. The molecular weight excluding hydrogens is 322 g/mol. The van der Waals surface area contributed by atoms with Gasteiger partial charge in [0, 0.05) is 44.0 Å². The van der Waals surface area contributed by atoms with Gasteiger partial charge in [-0.25, -0.2) is 14.8 Å². The van der Waals surface area contributed by atoms with E-state index in [-0.39, 0.29) is 12.1 Å². The number of amides is 2. The number of carboxylic acids is 1. The van der Waals surface area contributed by atoms with Gasteiger partial charge in [0.1, 0.15) is 12.1 Å². The molecule has 2 amide bonds. The Morgan fingerprint density at radius 1 is 1.24 bits per heavy atom. The van der Waals surface area contributed by atoms with Crippen LogP contribution in [0.4, 0.5) is 10.6 Å². The lowest BCUT2D eigenvalue weighted by atomic mass is 10.1. The highest BCUT2D eigenvalue weighted by Gasteiger charge is 2.32. The summed E-state index contributed by atoms with van der Waals surface area (Å²) in [5.41, 5.74) is 1.03. The summed E-state index contributed by atoms with van der Waals surface area (Å²) >= 11 is 0. The fourth-order valence-corrected chi connectivity index (χ4v) is 3.42. The van der Waals surface area contributed by atoms with Crippen molar-refractivity contribution in [3.05, 3.63) is 18.1 Å². The van der Waals surface area contributed by atoms with Crippen molar-refractivity contribution in [1.29, 1.82) is 0 Å². The van der Waals surface area contributed by atoms with Crippen LogP contribution in [0.1, 0.15) is 31.9 Å². The van der Waals surface area contributed by atoms with Gasteiger partial charge in [0.25, 0.3) is 0 Å². The van der Waals surface area contributed by atoms with E-state index in [1.807, 2.05) is 6.07 Å². The van der Waals surface area contributed by atoms with Crippen LogP contribution in [-0.2, 0) is 11.2 Å². The Labute approximate surface area is 147 Å². The van der Waals surface area contributed by atoms with Gasteiger partial charge in [-0.2, -0.15) is 0 Å². The van der Waals surface area contributed by atoms with E-state index in [4.69, 9.17) is 5.11 Å². The number of likely N-dealkylation sites (tertiary alicyclic amines) is 1. The van der Waals surface area contributed by atoms with Gasteiger partial charge in [-0.3, -0.25) is 4.79 Å². The summed E-state index contributed by atoms with van der Waals surface area (Å²) in [7, 11) is 0. The van der Waals surface area contributed by atoms with Crippen LogP contribution in [0, 0.1) is 5.92 Å². The number of rotatable bonds is 4. The Bertz CT molecular complexity index is 630. The number of carbonyl (C=O) groups excluding carboxylic acids is 1. The number of anilines is 1. The number of piperidine rings is 1. The molecule has 2 aliphatic heterocycles. The minimum atomic E-state index is -0.820. The fraction of sp³-hybridized carbons (Fsp3) is 0.647. The molecule has 2 aliphatic rings. The standard InChI is InChI=1S/C17H25N5O3/c1-2-13-9-15(19-11-18-13)21-7-4-14(5-8-21)20-17(25)22-6-3-12(10-22)16(23)24/h9,11-12,14H,2-8,10H2,1H3,(H,20,25)(H,23,24). The lowest BCUT2D eigenvalue weighted by Gasteiger charge is -2.34. The number of hydrogen-bond acceptors (Lipinski definition) is 5. The minimum absolute atomic E-state index is 0.125. The topological polar surface area (TPSA) is 98.7 Å². The molecule has 8 heteroatoms. The molecule has 2 fully saturated rings. The smallest absolute Gasteiger partial charge is 0.317 e. The van der Waals surface area contributed by atoms with Crippen molar-refractivity contribution in [3.8, 4) is 0 Å². The van der Waals surface area contributed by atoms with Crippen LogP contribution in [0.5, 0.6) is 0 Å². The molecule has 0 radical (unpaired) electrons. The average Bonchev–Trinajstić information content (AvgIpc) is 3.13. The number of carboxylic acid groups (broad SMARTS) is 1. The molecule has 0 spiro atoms. The van der Waals surface area contributed by atoms with Gasteiger partial charge in [0.15, 0.2) is 0 Å². The van der Waals surface area contributed by atoms with E-state index < -0.39 is 11.9 Å². The van der Waals surface area contributed by atoms with E-state index in [1.165, 1.54) is 0 Å². The van der Waals surface area contributed by atoms with Crippen LogP contribution in [0.3, 0.4) is 0 Å². The van der Waals surface area contributed by atoms with E-state index >= 15 is 0 Å². The van der Waals surface area contributed by atoms with Crippen molar-refractivity contribution in [2.75, 3.05) is 31.1 Å². The number of aryl methyl sites for hydroxylation is 1. The second-order valence-electron chi connectivity index (χ2n) is 6.70. The Balaban J connectivity index is 1.48. The van der Waals surface area contributed by atoms with Crippen LogP contribution in [0.25, 0.3) is 0 Å². The third-order valence-electron chi connectivity index (χ3n) is 5.04. The first kappa shape index (κ1) is 17.4. The van der Waals surface area contributed by atoms with Crippen LogP contribution < -0.4 is 10.2 Å². The van der Waals surface area contributed by atoms with Gasteiger partial charge in [0.05, 0.1) is 5.92 Å². The summed E-state index contributed by atoms with van der Waals surface area (Å²) in [6, 6.07) is 2.01. The molecular formula is C17H25N5O3. The molecule has 1 aromatic heterocycles. The normalized spacial score (nSPS) is 21.4. The first-order chi connectivity index (χ1) is 12.1. The molecule has 136 valence electrons. The second-order valence-corrected chi connectivity index (χ2v) is 6.70. The first-order valence-corrected chi connectivity index (χ1v) is 8.91. The molecule has 2 saturated heterocycles. The van der Waals surface area contributed by atoms with E-state index in [2.05, 4.69) is 27.1 Å². The minimum Gasteiger partial charge on any atom is -0.481 e. The number of aliphatic carboxylic acids is 1. The lowest BCUT2D eigenvalue weighted by molar-refractivity contribution is -0.141. The maximum absolute atomic E-state index is 12.3. The first-order valence-electron chi connectivity index (χ1n) is 8.91. The lowest BCUT2D eigenvalue weighted by Crippen LogP contribution is -2.49. The van der Waals surface area contributed by atoms with Crippen LogP contribution in [-0.4, -0.2) is 64.2 Å². The van der Waals surface area contributed by atoms with E-state index in [0.717, 1.165) is 43.9 Å². The average molecular weight is 347 g/mol. The summed E-state index contributed by atoms with van der Waals surface area (Å²) in [6.45, 7) is 4.57. The molecule has 1 unspecified atom stereocenters. The highest BCUT2D eigenvalue weighted by molar-refractivity contribution is 5.77. The number of nitrogens with zero attached hydrogens (tertiary/aromatic N) is 4. The molecule has 1 atom stereocenters. The van der Waals surface area contributed by atoms with Gasteiger partial charge in [-0.15, -0.1) is 0 Å². The Morgan fingerprint density at radius 2 is 2.00 bits per heavy atom. The zero-order valence-electron chi connectivity index (χ0n) is 14.5. The second kappa shape index (κ2) is 7.67. The van der Waals surface area contributed by atoms with E-state index in [0.29, 0.717) is 19.5 Å². The number of aromatic nitrogens is 2. The van der Waals surface area contributed by atoms with Gasteiger partial charge >= 0.3 is 12.0 Å². The maximum Gasteiger partial charge on any atom is 0.317 e. The van der Waals surface area contributed by atoms with Crippen LogP contribution in [0.2, 0.25) is 0 Å². The molecule has 0 saturated carbocycles. The SMILES string of the molecule is CCc1cc(N2CCC(NC(=O)N3CCC(C(=O)O)C3)CC2)ncn1. The Hall–Kier alpha value is -2.38. The van der Waals surface area contributed by atoms with Crippen LogP contribution >= 0.6 is 0 Å². The summed E-state index contributed by atoms with van der Waals surface area (Å²) in [5.74, 6) is -0.307. The number of nitrogens with one attached hydrogen (secondary N) is 1. The Morgan fingerprint density at radius 3 is 2.64 bits per heavy atom. The number of urea groups is 1. The molecule has 3 rings (SSSR count). The third-order valence-corrected chi connectivity index (χ3v) is 5.04. The highest BCUT2D eigenvalue weighted by atomic mass is 16.4. The highest BCUT2D eigenvalue weighted by Crippen LogP contribution is 2.20. The largest absolute Gasteiger partial charge is 0.481 e. The molecule has 1 aromatic rings. The predicted octanol–water partition coefficient (Wildman–Crippen LogP) is 1.12. The van der Waals surface area contributed by atoms with Crippen molar-refractivity contribution in [3.63, 3.8) is 0 Å². The number of carbonyl (C=O) groups is 2. The predicted molar refractivity (Wildman–Crippen MR) is 92.5 cm³/mol. The maximum atomic E-state index is 12.3. The van der Waals surface area contributed by atoms with Crippen molar-refractivity contribution in [1.82, 2.24) is 20.2 Å². The van der Waals surface area contributed by atoms with Gasteiger partial charge < -0.3 is 20.2 Å². The summed E-state index contributed by atoms with van der Waals surface area (Å²) in [6.07, 6.45) is 4.74. The molecule has 2 N–H and O–H groups in total. The molecule has 0 aliphatic carbocycles. The monoisotopic (exact) mass is 347 g/mol. The quantitative estimate of drug-likeness (QED) is 0.847. The van der Waals surface area contributed by atoms with Crippen LogP contribution in [0.15, 0.2) is 12.4 Å². The molecule has 8 nitrogen and oxygen atoms in total. The summed E-state index contributed by atoms with van der Waals surface area (Å²) < 4.78 is 0. The summed E-state index contributed by atoms with van der Waals surface area (Å²) in [5, 5.41) is 12.1. The molecule has 0 aromatic carbocycles. The van der Waals surface area contributed by atoms with Gasteiger partial charge in [0.2, 0.25) is 0 Å². The zero-order chi connectivity index (χ0) is 17.8. The zero-order valence-corrected chi connectivity index (χ0v) is 14.5. The van der Waals surface area contributed by atoms with E-state index in [1.54, 1.807) is 11.2 Å². The molecule has 0 bridgehead atoms. The fourth-order valence-electron chi connectivity index (χ4n) is 3.42. The van der Waals surface area contributed by atoms with Gasteiger partial charge in [-0.1, -0.05) is 6.92 Å². The van der Waals surface area contributed by atoms with Crippen molar-refractivity contribution in [2.24, 2.45) is 5.92 Å². The van der Waals surface area contributed by atoms with Crippen molar-refractivity contribution < 1.29 is 14.7 Å². The van der Waals surface area contributed by atoms with E-state index in [9.17, 15) is 9.59 Å². The van der Waals surface area contributed by atoms with Crippen molar-refractivity contribution >= 4 is 17.8 Å². The third kappa shape index (κ3) is 4.18. The van der Waals surface area contributed by atoms with Crippen molar-refractivity contribution in [2.45, 2.75) is 38.6 Å². The molecule has 3 heterocycles.